The summed E-state index contributed by atoms with van der Waals surface area (Å²) >= 11 is 0. The number of ketones is 1. The Morgan fingerprint density at radius 1 is 1.02 bits per heavy atom. The fraction of sp³-hybridized carbons (Fsp3) is 0.829. The van der Waals surface area contributed by atoms with Gasteiger partial charge in [0.15, 0.2) is 11.9 Å². The number of esters is 2. The molecule has 1 aromatic heterocycles. The third-order valence-corrected chi connectivity index (χ3v) is 16.1. The first-order valence-electron chi connectivity index (χ1n) is 20.2. The molecule has 1 aromatic rings. The molecule has 9 rings (SSSR count). The number of hydrogen-bond donors (Lipinski definition) is 3. The number of fused-ring (bicyclic) bond motifs is 1. The van der Waals surface area contributed by atoms with Gasteiger partial charge >= 0.3 is 11.9 Å². The van der Waals surface area contributed by atoms with Crippen LogP contribution in [0.2, 0.25) is 0 Å². The van der Waals surface area contributed by atoms with Gasteiger partial charge in [-0.1, -0.05) is 40.5 Å². The van der Waals surface area contributed by atoms with Crippen molar-refractivity contribution >= 4 is 17.7 Å². The van der Waals surface area contributed by atoms with Crippen LogP contribution in [0.25, 0.3) is 0 Å². The SMILES string of the molecule is CC(C)CC[C@]1(C)O[C@H]2CC(=O)OC[C@]23[C@H]2CC[C@@]4(C)[C@H](c5ccoc5CCC5CCC([C@@H]6CNCN6)CC5)OC(=O)[C@H]5O[C@]54[C@]2(C)[C@H](O)C(=O)[C@@H]31. The van der Waals surface area contributed by atoms with Crippen LogP contribution in [0, 0.1) is 45.8 Å². The second kappa shape index (κ2) is 12.1. The van der Waals surface area contributed by atoms with Crippen molar-refractivity contribution in [2.24, 2.45) is 45.8 Å². The van der Waals surface area contributed by atoms with Crippen LogP contribution in [0.4, 0.5) is 0 Å². The predicted molar refractivity (Wildman–Crippen MR) is 188 cm³/mol. The number of nitrogens with one attached hydrogen (secondary N) is 2. The molecule has 52 heavy (non-hydrogen) atoms. The van der Waals surface area contributed by atoms with Crippen LogP contribution in [0.3, 0.4) is 0 Å². The van der Waals surface area contributed by atoms with Crippen molar-refractivity contribution in [3.05, 3.63) is 23.7 Å². The van der Waals surface area contributed by atoms with Gasteiger partial charge in [-0.3, -0.25) is 9.59 Å². The van der Waals surface area contributed by atoms with Crippen molar-refractivity contribution in [1.29, 1.82) is 0 Å². The van der Waals surface area contributed by atoms with E-state index in [0.717, 1.165) is 49.7 Å². The summed E-state index contributed by atoms with van der Waals surface area (Å²) in [6.45, 7) is 12.4. The van der Waals surface area contributed by atoms with E-state index in [1.807, 2.05) is 19.9 Å². The van der Waals surface area contributed by atoms with E-state index in [4.69, 9.17) is 23.4 Å². The highest BCUT2D eigenvalue weighted by Gasteiger charge is 2.91. The average molecular weight is 723 g/mol. The van der Waals surface area contributed by atoms with Crippen molar-refractivity contribution in [2.45, 2.75) is 147 Å². The van der Waals surface area contributed by atoms with Gasteiger partial charge in [-0.25, -0.2) is 4.79 Å². The number of furan rings is 1. The second-order valence-corrected chi connectivity index (χ2v) is 19.0. The molecule has 3 N–H and O–H groups in total. The quantitative estimate of drug-likeness (QED) is 0.252. The number of aliphatic hydroxyl groups excluding tert-OH is 1. The zero-order valence-corrected chi connectivity index (χ0v) is 31.5. The Labute approximate surface area is 307 Å². The van der Waals surface area contributed by atoms with Crippen molar-refractivity contribution in [1.82, 2.24) is 10.6 Å². The fourth-order valence-electron chi connectivity index (χ4n) is 13.5. The minimum absolute atomic E-state index is 0.0599. The standard InChI is InChI=1S/C41H58N2O9/c1-22(2)12-16-38(4)32-31(45)33(46)39(5)28(40(32)20-49-30(44)18-29(40)51-38)13-15-37(3)34(50-36(47)35-41(37,39)52-35)25-14-17-48-27(25)11-8-23-6-9-24(10-7-23)26-19-42-21-43-26/h14,17,22-24,26,28-29,32-35,42-43,46H,6-13,15-16,18-21H2,1-5H3/t23?,24?,26-,28-,29-,32+,33+,34-,35+,37-,38-,39-,40-,41+/m0/s1. The second-order valence-electron chi connectivity index (χ2n) is 19.0. The van der Waals surface area contributed by atoms with E-state index in [0.29, 0.717) is 37.1 Å². The van der Waals surface area contributed by atoms with E-state index < -0.39 is 63.8 Å². The number of epoxide rings is 1. The largest absolute Gasteiger partial charge is 0.469 e. The molecule has 0 bridgehead atoms. The Balaban J connectivity index is 1.02. The molecule has 6 heterocycles. The van der Waals surface area contributed by atoms with E-state index in [1.54, 1.807) is 6.26 Å². The van der Waals surface area contributed by atoms with Gasteiger partial charge in [0.25, 0.3) is 0 Å². The lowest BCUT2D eigenvalue weighted by atomic mass is 9.36. The van der Waals surface area contributed by atoms with Crippen molar-refractivity contribution in [3.8, 4) is 0 Å². The number of rotatable bonds is 8. The predicted octanol–water partition coefficient (Wildman–Crippen LogP) is 4.78. The topological polar surface area (TPSA) is 149 Å². The Kier molecular flexibility index (Phi) is 8.23. The molecule has 5 aliphatic heterocycles. The maximum absolute atomic E-state index is 14.9. The van der Waals surface area contributed by atoms with Crippen LogP contribution in [0.1, 0.15) is 116 Å². The van der Waals surface area contributed by atoms with Crippen molar-refractivity contribution < 1.29 is 42.9 Å². The number of ether oxygens (including phenoxy) is 4. The summed E-state index contributed by atoms with van der Waals surface area (Å²) in [5, 5.41) is 19.5. The van der Waals surface area contributed by atoms with Crippen LogP contribution >= 0.6 is 0 Å². The third kappa shape index (κ3) is 4.64. The van der Waals surface area contributed by atoms with E-state index >= 15 is 0 Å². The highest BCUT2D eigenvalue weighted by atomic mass is 16.7. The monoisotopic (exact) mass is 722 g/mol. The normalized spacial score (nSPS) is 49.4. The lowest BCUT2D eigenvalue weighted by molar-refractivity contribution is -0.252. The number of aliphatic hydroxyl groups is 1. The highest BCUT2D eigenvalue weighted by molar-refractivity contribution is 5.92. The summed E-state index contributed by atoms with van der Waals surface area (Å²) in [6, 6.07) is 2.52. The van der Waals surface area contributed by atoms with Crippen molar-refractivity contribution in [2.75, 3.05) is 19.8 Å². The van der Waals surface area contributed by atoms with Crippen LogP contribution in [-0.4, -0.2) is 78.2 Å². The highest BCUT2D eigenvalue weighted by Crippen LogP contribution is 2.80. The van der Waals surface area contributed by atoms with Crippen LogP contribution in [-0.2, 0) is 39.8 Å². The molecule has 12 atom stereocenters. The van der Waals surface area contributed by atoms with Gasteiger partial charge in [-0.2, -0.15) is 0 Å². The number of carbonyl (C=O) groups is 3. The number of hydrogen-bond acceptors (Lipinski definition) is 11. The summed E-state index contributed by atoms with van der Waals surface area (Å²) < 4.78 is 31.9. The first-order valence-corrected chi connectivity index (χ1v) is 20.2. The number of aryl methyl sites for hydroxylation is 1. The molecule has 2 spiro atoms. The lowest BCUT2D eigenvalue weighted by Crippen LogP contribution is -2.76. The van der Waals surface area contributed by atoms with E-state index in [9.17, 15) is 19.5 Å². The molecule has 11 heteroatoms. The molecule has 0 aromatic carbocycles. The molecule has 11 nitrogen and oxygen atoms in total. The molecule has 8 fully saturated rings. The van der Waals surface area contributed by atoms with Gasteiger partial charge in [0, 0.05) is 47.5 Å². The first kappa shape index (κ1) is 35.4. The molecule has 8 aliphatic rings. The number of cyclic esters (lactones) is 2. The third-order valence-electron chi connectivity index (χ3n) is 16.1. The number of carbonyl (C=O) groups excluding carboxylic acids is 3. The minimum atomic E-state index is -1.39. The summed E-state index contributed by atoms with van der Waals surface area (Å²) in [4.78, 5) is 41.7. The Morgan fingerprint density at radius 3 is 2.54 bits per heavy atom. The zero-order valence-electron chi connectivity index (χ0n) is 31.5. The van der Waals surface area contributed by atoms with Gasteiger partial charge in [-0.05, 0) is 81.6 Å². The van der Waals surface area contributed by atoms with Gasteiger partial charge in [-0.15, -0.1) is 0 Å². The summed E-state index contributed by atoms with van der Waals surface area (Å²) in [6.07, 6.45) is 7.72. The Hall–Kier alpha value is -2.31. The molecule has 286 valence electrons. The molecule has 3 saturated carbocycles. The maximum Gasteiger partial charge on any atom is 0.339 e. The van der Waals surface area contributed by atoms with E-state index in [2.05, 4.69) is 31.4 Å². The van der Waals surface area contributed by atoms with Crippen LogP contribution in [0.5, 0.6) is 0 Å². The molecular weight excluding hydrogens is 664 g/mol. The van der Waals surface area contributed by atoms with E-state index in [1.165, 1.54) is 25.7 Å². The molecule has 5 saturated heterocycles. The van der Waals surface area contributed by atoms with E-state index in [-0.39, 0.29) is 30.7 Å². The molecular formula is C41H58N2O9. The first-order chi connectivity index (χ1) is 24.8. The van der Waals surface area contributed by atoms with Gasteiger partial charge in [0.05, 0.1) is 30.3 Å². The summed E-state index contributed by atoms with van der Waals surface area (Å²) in [7, 11) is 0. The molecule has 3 aliphatic carbocycles. The van der Waals surface area contributed by atoms with Crippen LogP contribution < -0.4 is 10.6 Å². The zero-order chi connectivity index (χ0) is 36.4. The molecule has 0 amide bonds. The average Bonchev–Trinajstić information content (AvgIpc) is 3.38. The summed E-state index contributed by atoms with van der Waals surface area (Å²) in [5.41, 5.74) is -3.88. The smallest absolute Gasteiger partial charge is 0.339 e. The summed E-state index contributed by atoms with van der Waals surface area (Å²) in [5.74, 6) is 0.575. The van der Waals surface area contributed by atoms with Gasteiger partial charge in [0.2, 0.25) is 0 Å². The molecule has 0 radical (unpaired) electrons. The minimum Gasteiger partial charge on any atom is -0.469 e. The fourth-order valence-corrected chi connectivity index (χ4v) is 13.5. The maximum atomic E-state index is 14.9. The van der Waals surface area contributed by atoms with Crippen LogP contribution in [0.15, 0.2) is 16.7 Å². The van der Waals surface area contributed by atoms with Gasteiger partial charge in [0.1, 0.15) is 30.2 Å². The lowest BCUT2D eigenvalue weighted by Gasteiger charge is -2.66. The molecule has 0 unspecified atom stereocenters. The Bertz CT molecular complexity index is 1610. The van der Waals surface area contributed by atoms with Gasteiger partial charge < -0.3 is 39.1 Å². The van der Waals surface area contributed by atoms with Crippen molar-refractivity contribution in [3.63, 3.8) is 0 Å². The number of Topliss-reactive ketones (excluding diaryl/α,β-unsaturated/α-hetero) is 1. The Morgan fingerprint density at radius 2 is 1.81 bits per heavy atom.